The lowest BCUT2D eigenvalue weighted by Crippen LogP contribution is -2.26. The lowest BCUT2D eigenvalue weighted by molar-refractivity contribution is 0.360. The van der Waals surface area contributed by atoms with Gasteiger partial charge in [-0.15, -0.1) is 0 Å². The summed E-state index contributed by atoms with van der Waals surface area (Å²) in [5.74, 6) is 4.52. The molecule has 2 aliphatic rings. The van der Waals surface area contributed by atoms with Crippen LogP contribution in [0.5, 0.6) is 0 Å². The predicted octanol–water partition coefficient (Wildman–Crippen LogP) is 4.17. The van der Waals surface area contributed by atoms with Crippen molar-refractivity contribution in [1.29, 1.82) is 0 Å². The molecule has 116 valence electrons. The zero-order chi connectivity index (χ0) is 14.7. The Hall–Kier alpha value is -1.32. The summed E-state index contributed by atoms with van der Waals surface area (Å²) in [6.07, 6.45) is 8.81. The molecule has 0 amide bonds. The molecule has 0 spiro atoms. The molecule has 2 fully saturated rings. The van der Waals surface area contributed by atoms with Crippen molar-refractivity contribution in [2.75, 3.05) is 17.2 Å². The SMILES string of the molecule is CCCNc1cc(NC2CCC(C)CC2)nc(C2CC2)n1. The minimum Gasteiger partial charge on any atom is -0.370 e. The van der Waals surface area contributed by atoms with Crippen LogP contribution in [-0.4, -0.2) is 22.6 Å². The van der Waals surface area contributed by atoms with Crippen molar-refractivity contribution in [3.05, 3.63) is 11.9 Å². The lowest BCUT2D eigenvalue weighted by Gasteiger charge is -2.27. The van der Waals surface area contributed by atoms with Crippen LogP contribution in [0.25, 0.3) is 0 Å². The van der Waals surface area contributed by atoms with Crippen LogP contribution in [0.15, 0.2) is 6.07 Å². The molecule has 4 nitrogen and oxygen atoms in total. The van der Waals surface area contributed by atoms with Crippen molar-refractivity contribution < 1.29 is 0 Å². The largest absolute Gasteiger partial charge is 0.370 e. The Morgan fingerprint density at radius 1 is 1.05 bits per heavy atom. The van der Waals surface area contributed by atoms with Gasteiger partial charge >= 0.3 is 0 Å². The quantitative estimate of drug-likeness (QED) is 0.825. The maximum atomic E-state index is 4.75. The summed E-state index contributed by atoms with van der Waals surface area (Å²) in [4.78, 5) is 9.43. The molecule has 2 aliphatic carbocycles. The fraction of sp³-hybridized carbons (Fsp3) is 0.765. The van der Waals surface area contributed by atoms with E-state index in [0.717, 1.165) is 36.3 Å². The smallest absolute Gasteiger partial charge is 0.136 e. The zero-order valence-electron chi connectivity index (χ0n) is 13.4. The summed E-state index contributed by atoms with van der Waals surface area (Å²) in [5, 5.41) is 7.06. The van der Waals surface area contributed by atoms with Crippen LogP contribution < -0.4 is 10.6 Å². The first-order valence-corrected chi connectivity index (χ1v) is 8.64. The Bertz CT molecular complexity index is 462. The molecule has 0 unspecified atom stereocenters. The Labute approximate surface area is 128 Å². The summed E-state index contributed by atoms with van der Waals surface area (Å²) in [6, 6.07) is 2.67. The number of aromatic nitrogens is 2. The van der Waals surface area contributed by atoms with Gasteiger partial charge in [0.2, 0.25) is 0 Å². The molecule has 0 saturated heterocycles. The van der Waals surface area contributed by atoms with Gasteiger partial charge in [-0.25, -0.2) is 9.97 Å². The van der Waals surface area contributed by atoms with Crippen LogP contribution in [0.3, 0.4) is 0 Å². The minimum absolute atomic E-state index is 0.585. The van der Waals surface area contributed by atoms with E-state index in [1.54, 1.807) is 0 Å². The average molecular weight is 288 g/mol. The van der Waals surface area contributed by atoms with Gasteiger partial charge in [0, 0.05) is 24.6 Å². The fourth-order valence-corrected chi connectivity index (χ4v) is 3.02. The highest BCUT2D eigenvalue weighted by Gasteiger charge is 2.28. The average Bonchev–Trinajstić information content (AvgIpc) is 3.32. The number of hydrogen-bond donors (Lipinski definition) is 2. The second kappa shape index (κ2) is 6.63. The van der Waals surface area contributed by atoms with E-state index < -0.39 is 0 Å². The van der Waals surface area contributed by atoms with Crippen molar-refractivity contribution >= 4 is 11.6 Å². The fourth-order valence-electron chi connectivity index (χ4n) is 3.02. The highest BCUT2D eigenvalue weighted by Crippen LogP contribution is 2.39. The maximum absolute atomic E-state index is 4.75. The predicted molar refractivity (Wildman–Crippen MR) is 87.8 cm³/mol. The molecule has 0 aliphatic heterocycles. The van der Waals surface area contributed by atoms with Crippen LogP contribution in [0, 0.1) is 5.92 Å². The third-order valence-corrected chi connectivity index (χ3v) is 4.61. The molecular weight excluding hydrogens is 260 g/mol. The Morgan fingerprint density at radius 2 is 1.76 bits per heavy atom. The number of hydrogen-bond acceptors (Lipinski definition) is 4. The van der Waals surface area contributed by atoms with E-state index in [1.165, 1.54) is 38.5 Å². The highest BCUT2D eigenvalue weighted by molar-refractivity contribution is 5.48. The van der Waals surface area contributed by atoms with E-state index in [0.29, 0.717) is 12.0 Å². The van der Waals surface area contributed by atoms with Crippen LogP contribution in [0.2, 0.25) is 0 Å². The molecule has 0 atom stereocenters. The lowest BCUT2D eigenvalue weighted by atomic mass is 9.87. The van der Waals surface area contributed by atoms with Crippen molar-refractivity contribution in [2.24, 2.45) is 5.92 Å². The molecule has 0 radical (unpaired) electrons. The van der Waals surface area contributed by atoms with Gasteiger partial charge in [0.15, 0.2) is 0 Å². The number of nitrogens with one attached hydrogen (secondary N) is 2. The summed E-state index contributed by atoms with van der Waals surface area (Å²) in [5.41, 5.74) is 0. The third-order valence-electron chi connectivity index (χ3n) is 4.61. The van der Waals surface area contributed by atoms with Crippen LogP contribution in [0.1, 0.15) is 70.5 Å². The van der Waals surface area contributed by atoms with E-state index in [1.807, 2.05) is 0 Å². The first kappa shape index (κ1) is 14.6. The molecule has 2 saturated carbocycles. The molecule has 2 N–H and O–H groups in total. The van der Waals surface area contributed by atoms with E-state index in [2.05, 4.69) is 35.5 Å². The standard InChI is InChI=1S/C17H28N4/c1-3-10-18-15-11-16(21-17(20-15)13-6-7-13)19-14-8-4-12(2)5-9-14/h11-14H,3-10H2,1-2H3,(H2,18,19,20,21). The van der Waals surface area contributed by atoms with Gasteiger partial charge < -0.3 is 10.6 Å². The number of nitrogens with zero attached hydrogens (tertiary/aromatic N) is 2. The summed E-state index contributed by atoms with van der Waals surface area (Å²) < 4.78 is 0. The minimum atomic E-state index is 0.585. The normalized spacial score (nSPS) is 25.6. The molecule has 4 heteroatoms. The molecule has 21 heavy (non-hydrogen) atoms. The van der Waals surface area contributed by atoms with Crippen molar-refractivity contribution in [3.8, 4) is 0 Å². The topological polar surface area (TPSA) is 49.8 Å². The second-order valence-electron chi connectivity index (χ2n) is 6.80. The van der Waals surface area contributed by atoms with Crippen LogP contribution in [-0.2, 0) is 0 Å². The van der Waals surface area contributed by atoms with E-state index in [4.69, 9.17) is 4.98 Å². The van der Waals surface area contributed by atoms with Gasteiger partial charge in [0.05, 0.1) is 0 Å². The zero-order valence-corrected chi connectivity index (χ0v) is 13.4. The van der Waals surface area contributed by atoms with Gasteiger partial charge in [-0.05, 0) is 50.9 Å². The first-order valence-electron chi connectivity index (χ1n) is 8.64. The maximum Gasteiger partial charge on any atom is 0.136 e. The van der Waals surface area contributed by atoms with E-state index in [-0.39, 0.29) is 0 Å². The van der Waals surface area contributed by atoms with Gasteiger partial charge in [-0.3, -0.25) is 0 Å². The molecule has 0 aromatic carbocycles. The van der Waals surface area contributed by atoms with Gasteiger partial charge in [-0.1, -0.05) is 13.8 Å². The van der Waals surface area contributed by atoms with Crippen LogP contribution >= 0.6 is 0 Å². The number of anilines is 2. The second-order valence-corrected chi connectivity index (χ2v) is 6.80. The van der Waals surface area contributed by atoms with Crippen molar-refractivity contribution in [2.45, 2.75) is 70.8 Å². The van der Waals surface area contributed by atoms with Crippen molar-refractivity contribution in [1.82, 2.24) is 9.97 Å². The molecular formula is C17H28N4. The summed E-state index contributed by atoms with van der Waals surface area (Å²) >= 11 is 0. The Balaban J connectivity index is 1.69. The Morgan fingerprint density at radius 3 is 2.43 bits per heavy atom. The van der Waals surface area contributed by atoms with Crippen LogP contribution in [0.4, 0.5) is 11.6 Å². The molecule has 1 heterocycles. The Kier molecular flexibility index (Phi) is 4.61. The van der Waals surface area contributed by atoms with Gasteiger partial charge in [0.1, 0.15) is 17.5 Å². The summed E-state index contributed by atoms with van der Waals surface area (Å²) in [7, 11) is 0. The monoisotopic (exact) mass is 288 g/mol. The van der Waals surface area contributed by atoms with Gasteiger partial charge in [-0.2, -0.15) is 0 Å². The third kappa shape index (κ3) is 4.08. The van der Waals surface area contributed by atoms with Crippen molar-refractivity contribution in [3.63, 3.8) is 0 Å². The highest BCUT2D eigenvalue weighted by atomic mass is 15.1. The molecule has 3 rings (SSSR count). The number of rotatable bonds is 6. The molecule has 1 aromatic rings. The summed E-state index contributed by atoms with van der Waals surface area (Å²) in [6.45, 7) is 5.51. The van der Waals surface area contributed by atoms with E-state index >= 15 is 0 Å². The molecule has 1 aromatic heterocycles. The molecule has 0 bridgehead atoms. The first-order chi connectivity index (χ1) is 10.2. The van der Waals surface area contributed by atoms with E-state index in [9.17, 15) is 0 Å². The van der Waals surface area contributed by atoms with Gasteiger partial charge in [0.25, 0.3) is 0 Å².